The number of nitrogens with zero attached hydrogens (tertiary/aromatic N) is 3. The van der Waals surface area contributed by atoms with Crippen LogP contribution in [-0.2, 0) is 56.3 Å². The molecule has 56 heavy (non-hydrogen) atoms. The van der Waals surface area contributed by atoms with Crippen LogP contribution in [0.3, 0.4) is 0 Å². The van der Waals surface area contributed by atoms with Crippen molar-refractivity contribution in [1.29, 1.82) is 0 Å². The molecule has 0 radical (unpaired) electrons. The number of aromatic nitrogens is 2. The number of aromatic amines is 2. The van der Waals surface area contributed by atoms with Crippen LogP contribution in [0.15, 0.2) is 84.0 Å². The van der Waals surface area contributed by atoms with Crippen molar-refractivity contribution in [2.75, 3.05) is 6.54 Å². The lowest BCUT2D eigenvalue weighted by molar-refractivity contribution is -0.151. The van der Waals surface area contributed by atoms with Gasteiger partial charge in [-0.1, -0.05) is 60.7 Å². The van der Waals surface area contributed by atoms with Crippen LogP contribution < -0.4 is 22.1 Å². The van der Waals surface area contributed by atoms with Gasteiger partial charge in [-0.15, -0.1) is 0 Å². The lowest BCUT2D eigenvalue weighted by atomic mass is 9.90. The Bertz CT molecular complexity index is 2340. The van der Waals surface area contributed by atoms with E-state index in [1.165, 1.54) is 11.8 Å². The summed E-state index contributed by atoms with van der Waals surface area (Å²) in [5, 5.41) is 17.5. The van der Waals surface area contributed by atoms with Gasteiger partial charge in [0.1, 0.15) is 24.2 Å². The minimum Gasteiger partial charge on any atom is -0.480 e. The smallest absolute Gasteiger partial charge is 0.326 e. The zero-order valence-electron chi connectivity index (χ0n) is 31.0. The highest BCUT2D eigenvalue weighted by Gasteiger charge is 2.43. The number of hydrogen-bond donors (Lipinski definition) is 7. The van der Waals surface area contributed by atoms with Gasteiger partial charge in [-0.05, 0) is 47.2 Å². The second-order valence-electron chi connectivity index (χ2n) is 14.4. The van der Waals surface area contributed by atoms with E-state index in [2.05, 4.69) is 25.6 Å². The molecule has 2 aromatic heterocycles. The number of nitrogens with one attached hydrogen (secondary N) is 4. The van der Waals surface area contributed by atoms with E-state index in [1.807, 2.05) is 72.8 Å². The van der Waals surface area contributed by atoms with E-state index in [1.54, 1.807) is 11.1 Å². The molecular weight excluding hydrogens is 715 g/mol. The van der Waals surface area contributed by atoms with Gasteiger partial charge in [0.15, 0.2) is 5.96 Å². The first-order valence-corrected chi connectivity index (χ1v) is 18.6. The van der Waals surface area contributed by atoms with Crippen molar-refractivity contribution in [2.45, 2.75) is 76.3 Å². The molecule has 7 rings (SSSR count). The molecule has 2 aliphatic rings. The first-order valence-electron chi connectivity index (χ1n) is 18.6. The molecule has 0 spiro atoms. The van der Waals surface area contributed by atoms with E-state index in [0.717, 1.165) is 44.2 Å². The molecule has 2 aliphatic heterocycles. The lowest BCUT2D eigenvalue weighted by Crippen LogP contribution is -2.61. The number of fused-ring (bicyclic) bond motifs is 5. The van der Waals surface area contributed by atoms with E-state index < -0.39 is 47.9 Å². The van der Waals surface area contributed by atoms with Crippen LogP contribution in [0.25, 0.3) is 21.8 Å². The van der Waals surface area contributed by atoms with Crippen LogP contribution in [0.4, 0.5) is 0 Å². The molecule has 0 saturated carbocycles. The number of guanidine groups is 1. The summed E-state index contributed by atoms with van der Waals surface area (Å²) in [6, 6.07) is 18.4. The first-order chi connectivity index (χ1) is 27.0. The average molecular weight is 760 g/mol. The number of para-hydroxylation sites is 2. The standard InChI is InChI=1S/C41H45N9O6/c1-23(51)49-21-25-10-3-2-9-24(25)18-36(49)39(54)50-22-34-29(28-12-5-7-14-31(28)46-34)19-35(50)38(53)47-32(15-8-16-44-41(42)43)37(52)48-33(40(55)56)17-26-20-45-30-13-6-4-11-27(26)30/h2-7,9-14,20,32-33,35-36,45-46H,8,15-19,21-22H2,1H3,(H,47,53)(H,48,52)(H,55,56)(H4,42,43,44)/t32-,33-,35?,36-/m0/s1. The quantitative estimate of drug-likeness (QED) is 0.0565. The van der Waals surface area contributed by atoms with Gasteiger partial charge in [-0.25, -0.2) is 4.79 Å². The number of carboxylic acid groups (broad SMARTS) is 1. The Morgan fingerprint density at radius 2 is 1.54 bits per heavy atom. The topological polar surface area (TPSA) is 232 Å². The molecule has 4 atom stereocenters. The predicted molar refractivity (Wildman–Crippen MR) is 210 cm³/mol. The summed E-state index contributed by atoms with van der Waals surface area (Å²) in [4.78, 5) is 82.4. The van der Waals surface area contributed by atoms with Crippen LogP contribution in [0.1, 0.15) is 47.7 Å². The Balaban J connectivity index is 1.18. The molecule has 0 fully saturated rings. The molecule has 9 N–H and O–H groups in total. The highest BCUT2D eigenvalue weighted by molar-refractivity contribution is 5.97. The van der Waals surface area contributed by atoms with Crippen molar-refractivity contribution in [3.05, 3.63) is 107 Å². The van der Waals surface area contributed by atoms with Crippen molar-refractivity contribution < 1.29 is 29.1 Å². The van der Waals surface area contributed by atoms with E-state index >= 15 is 0 Å². The molecule has 3 aromatic carbocycles. The summed E-state index contributed by atoms with van der Waals surface area (Å²) in [7, 11) is 0. The van der Waals surface area contributed by atoms with Crippen LogP contribution in [0.2, 0.25) is 0 Å². The molecule has 4 amide bonds. The minimum atomic E-state index is -1.31. The normalized spacial score (nSPS) is 17.4. The largest absolute Gasteiger partial charge is 0.480 e. The minimum absolute atomic E-state index is 0.00877. The fourth-order valence-corrected chi connectivity index (χ4v) is 7.97. The summed E-state index contributed by atoms with van der Waals surface area (Å²) >= 11 is 0. The van der Waals surface area contributed by atoms with Crippen LogP contribution >= 0.6 is 0 Å². The van der Waals surface area contributed by atoms with Crippen molar-refractivity contribution >= 4 is 57.4 Å². The van der Waals surface area contributed by atoms with Gasteiger partial charge in [0.2, 0.25) is 23.6 Å². The van der Waals surface area contributed by atoms with Gasteiger partial charge in [0, 0.05) is 73.0 Å². The van der Waals surface area contributed by atoms with Gasteiger partial charge < -0.3 is 47.0 Å². The number of aliphatic carboxylic acids is 1. The van der Waals surface area contributed by atoms with Crippen molar-refractivity contribution in [1.82, 2.24) is 30.4 Å². The number of carboxylic acids is 1. The average Bonchev–Trinajstić information content (AvgIpc) is 3.77. The van der Waals surface area contributed by atoms with Gasteiger partial charge in [-0.3, -0.25) is 24.2 Å². The van der Waals surface area contributed by atoms with E-state index in [9.17, 15) is 29.1 Å². The fourth-order valence-electron chi connectivity index (χ4n) is 7.97. The van der Waals surface area contributed by atoms with E-state index in [-0.39, 0.29) is 63.6 Å². The number of carbonyl (C=O) groups is 5. The molecule has 5 aromatic rings. The third kappa shape index (κ3) is 7.78. The fraction of sp³-hybridized carbons (Fsp3) is 0.317. The number of benzene rings is 3. The maximum atomic E-state index is 14.7. The Hall–Kier alpha value is -6.64. The SMILES string of the molecule is CC(=O)N1Cc2ccccc2C[C@H]1C(=O)N1Cc2[nH]c3ccccc3c2CC1C(=O)N[C@@H](CCCN=C(N)N)C(=O)N[C@@H](Cc1c[nH]c2ccccc12)C(=O)O. The zero-order valence-corrected chi connectivity index (χ0v) is 31.0. The summed E-state index contributed by atoms with van der Waals surface area (Å²) in [6.07, 6.45) is 2.48. The number of H-pyrrole nitrogens is 2. The Labute approximate surface area is 322 Å². The number of rotatable bonds is 12. The maximum absolute atomic E-state index is 14.7. The van der Waals surface area contributed by atoms with Gasteiger partial charge in [0.25, 0.3) is 0 Å². The van der Waals surface area contributed by atoms with E-state index in [4.69, 9.17) is 11.5 Å². The third-order valence-corrected chi connectivity index (χ3v) is 10.8. The number of amides is 4. The Morgan fingerprint density at radius 1 is 0.839 bits per heavy atom. The summed E-state index contributed by atoms with van der Waals surface area (Å²) in [5.41, 5.74) is 17.0. The number of hydrogen-bond acceptors (Lipinski definition) is 6. The van der Waals surface area contributed by atoms with Gasteiger partial charge in [-0.2, -0.15) is 0 Å². The second-order valence-corrected chi connectivity index (χ2v) is 14.4. The van der Waals surface area contributed by atoms with Crippen LogP contribution in [0.5, 0.6) is 0 Å². The number of nitrogens with two attached hydrogens (primary N) is 2. The van der Waals surface area contributed by atoms with Crippen LogP contribution in [-0.4, -0.2) is 91.1 Å². The van der Waals surface area contributed by atoms with Crippen molar-refractivity contribution in [3.63, 3.8) is 0 Å². The molecule has 0 bridgehead atoms. The van der Waals surface area contributed by atoms with Crippen molar-refractivity contribution in [3.8, 4) is 0 Å². The molecule has 0 aliphatic carbocycles. The highest BCUT2D eigenvalue weighted by atomic mass is 16.4. The molecule has 15 nitrogen and oxygen atoms in total. The number of carbonyl (C=O) groups excluding carboxylic acids is 4. The third-order valence-electron chi connectivity index (χ3n) is 10.8. The molecular formula is C41H45N9O6. The predicted octanol–water partition coefficient (Wildman–Crippen LogP) is 2.23. The second kappa shape index (κ2) is 16.0. The summed E-state index contributed by atoms with van der Waals surface area (Å²) < 4.78 is 0. The van der Waals surface area contributed by atoms with Gasteiger partial charge in [0.05, 0.1) is 6.54 Å². The Kier molecular flexibility index (Phi) is 10.8. The molecule has 4 heterocycles. The first kappa shape index (κ1) is 37.7. The summed E-state index contributed by atoms with van der Waals surface area (Å²) in [6.45, 7) is 1.92. The molecule has 0 saturated heterocycles. The maximum Gasteiger partial charge on any atom is 0.326 e. The lowest BCUT2D eigenvalue weighted by Gasteiger charge is -2.42. The number of aliphatic imine (C=N–C) groups is 1. The zero-order chi connectivity index (χ0) is 39.5. The van der Waals surface area contributed by atoms with E-state index in [0.29, 0.717) is 5.56 Å². The molecule has 1 unspecified atom stereocenters. The molecule has 15 heteroatoms. The Morgan fingerprint density at radius 3 is 2.27 bits per heavy atom. The highest BCUT2D eigenvalue weighted by Crippen LogP contribution is 2.33. The molecule has 290 valence electrons. The monoisotopic (exact) mass is 759 g/mol. The van der Waals surface area contributed by atoms with Crippen molar-refractivity contribution in [2.24, 2.45) is 16.5 Å². The van der Waals surface area contributed by atoms with Gasteiger partial charge >= 0.3 is 5.97 Å². The summed E-state index contributed by atoms with van der Waals surface area (Å²) in [5.74, 6) is -3.32. The van der Waals surface area contributed by atoms with Crippen LogP contribution in [0, 0.1) is 0 Å².